The molecule has 2 heterocycles. The van der Waals surface area contributed by atoms with Crippen LogP contribution < -0.4 is 4.31 Å². The number of anilines is 1. The van der Waals surface area contributed by atoms with Crippen molar-refractivity contribution >= 4 is 27.3 Å². The van der Waals surface area contributed by atoms with Gasteiger partial charge in [0.15, 0.2) is 0 Å². The van der Waals surface area contributed by atoms with Crippen molar-refractivity contribution in [1.82, 2.24) is 19.7 Å². The summed E-state index contributed by atoms with van der Waals surface area (Å²) in [6.07, 6.45) is -1.40. The Hall–Kier alpha value is -2.53. The first-order valence-corrected chi connectivity index (χ1v) is 10.1. The number of hydrogen-bond acceptors (Lipinski definition) is 6. The summed E-state index contributed by atoms with van der Waals surface area (Å²) in [5.74, 6) is -0.761. The second-order valence-corrected chi connectivity index (χ2v) is 8.40. The number of hydrogen-bond donors (Lipinski definition) is 0. The number of benzene rings is 1. The van der Waals surface area contributed by atoms with Crippen molar-refractivity contribution in [3.05, 3.63) is 47.2 Å². The van der Waals surface area contributed by atoms with E-state index in [1.165, 1.54) is 23.5 Å². The fraction of sp³-hybridized carbons (Fsp3) is 0.312. The summed E-state index contributed by atoms with van der Waals surface area (Å²) in [5.41, 5.74) is 0.550. The number of alkyl halides is 2. The largest absolute Gasteiger partial charge is 0.414 e. The van der Waals surface area contributed by atoms with Gasteiger partial charge in [-0.1, -0.05) is 17.7 Å². The van der Waals surface area contributed by atoms with Gasteiger partial charge in [0.2, 0.25) is 10.0 Å². The highest BCUT2D eigenvalue weighted by atomic mass is 35.5. The Labute approximate surface area is 164 Å². The topological polar surface area (TPSA) is 94.1 Å². The minimum atomic E-state index is -3.64. The maximum Gasteiger partial charge on any atom is 0.314 e. The van der Waals surface area contributed by atoms with Crippen LogP contribution in [0.2, 0.25) is 5.02 Å². The Kier molecular flexibility index (Phi) is 5.66. The minimum absolute atomic E-state index is 0.0944. The van der Waals surface area contributed by atoms with Crippen LogP contribution in [0.3, 0.4) is 0 Å². The first kappa shape index (κ1) is 20.2. The maximum atomic E-state index is 12.6. The maximum absolute atomic E-state index is 12.6. The average Bonchev–Trinajstić information content (AvgIpc) is 3.26. The van der Waals surface area contributed by atoms with Gasteiger partial charge >= 0.3 is 6.43 Å². The fourth-order valence-electron chi connectivity index (χ4n) is 2.45. The normalized spacial score (nSPS) is 11.9. The predicted molar refractivity (Wildman–Crippen MR) is 98.6 cm³/mol. The Morgan fingerprint density at radius 1 is 1.32 bits per heavy atom. The first-order valence-electron chi connectivity index (χ1n) is 8.11. The van der Waals surface area contributed by atoms with E-state index in [4.69, 9.17) is 16.0 Å². The van der Waals surface area contributed by atoms with E-state index in [1.807, 2.05) is 0 Å². The zero-order chi connectivity index (χ0) is 20.5. The van der Waals surface area contributed by atoms with Gasteiger partial charge in [0.25, 0.3) is 11.8 Å². The zero-order valence-corrected chi connectivity index (χ0v) is 16.5. The summed E-state index contributed by atoms with van der Waals surface area (Å²) >= 11 is 6.00. The monoisotopic (exact) mass is 431 g/mol. The molecule has 0 fully saturated rings. The van der Waals surface area contributed by atoms with Crippen LogP contribution >= 0.6 is 11.6 Å². The molecule has 0 aliphatic heterocycles. The molecule has 0 spiro atoms. The molecule has 0 unspecified atom stereocenters. The van der Waals surface area contributed by atoms with Crippen molar-refractivity contribution in [2.45, 2.75) is 19.9 Å². The van der Waals surface area contributed by atoms with Crippen molar-refractivity contribution in [2.24, 2.45) is 7.05 Å². The molecular weight excluding hydrogens is 416 g/mol. The quantitative estimate of drug-likeness (QED) is 0.569. The molecule has 0 amide bonds. The predicted octanol–water partition coefficient (Wildman–Crippen LogP) is 3.42. The molecule has 8 nitrogen and oxygen atoms in total. The number of nitrogens with zero attached hydrogens (tertiary/aromatic N) is 5. The summed E-state index contributed by atoms with van der Waals surface area (Å²) < 4.78 is 58.1. The van der Waals surface area contributed by atoms with Gasteiger partial charge in [-0.2, -0.15) is 8.78 Å². The van der Waals surface area contributed by atoms with Crippen molar-refractivity contribution in [2.75, 3.05) is 10.1 Å². The molecular formula is C16H16ClF2N5O3S. The van der Waals surface area contributed by atoms with Crippen molar-refractivity contribution in [1.29, 1.82) is 0 Å². The van der Waals surface area contributed by atoms with E-state index in [0.717, 1.165) is 0 Å². The summed E-state index contributed by atoms with van der Waals surface area (Å²) in [4.78, 5) is 4.27. The van der Waals surface area contributed by atoms with Crippen molar-refractivity contribution in [3.63, 3.8) is 0 Å². The minimum Gasteiger partial charge on any atom is -0.414 e. The standard InChI is InChI=1S/C16H16ClF2N5O3S/c1-3-28(25,26)24(11-6-4-5-10(17)7-11)9-13-20-12(8-23(13)2)15-21-22-16(27-15)14(18)19/h4-8,14H,3,9H2,1-2H3. The van der Waals surface area contributed by atoms with Gasteiger partial charge in [-0.25, -0.2) is 13.4 Å². The molecule has 0 radical (unpaired) electrons. The number of halogens is 3. The van der Waals surface area contributed by atoms with Crippen molar-refractivity contribution in [3.8, 4) is 11.6 Å². The summed E-state index contributed by atoms with van der Waals surface area (Å²) in [6, 6.07) is 6.43. The zero-order valence-electron chi connectivity index (χ0n) is 14.9. The van der Waals surface area contributed by atoms with Crippen LogP contribution in [0.5, 0.6) is 0 Å². The van der Waals surface area contributed by atoms with Crippen LogP contribution in [0, 0.1) is 0 Å². The van der Waals surface area contributed by atoms with Gasteiger partial charge in [-0.3, -0.25) is 4.31 Å². The molecule has 150 valence electrons. The molecule has 0 saturated carbocycles. The van der Waals surface area contributed by atoms with E-state index in [1.54, 1.807) is 29.8 Å². The van der Waals surface area contributed by atoms with Gasteiger partial charge < -0.3 is 8.98 Å². The third-order valence-electron chi connectivity index (χ3n) is 3.90. The second kappa shape index (κ2) is 7.84. The number of sulfonamides is 1. The molecule has 28 heavy (non-hydrogen) atoms. The molecule has 1 aromatic carbocycles. The first-order chi connectivity index (χ1) is 13.2. The average molecular weight is 432 g/mol. The van der Waals surface area contributed by atoms with E-state index >= 15 is 0 Å². The summed E-state index contributed by atoms with van der Waals surface area (Å²) in [6.45, 7) is 1.43. The van der Waals surface area contributed by atoms with E-state index in [0.29, 0.717) is 16.5 Å². The van der Waals surface area contributed by atoms with Crippen LogP contribution in [0.1, 0.15) is 25.1 Å². The fourth-order valence-corrected chi connectivity index (χ4v) is 3.69. The van der Waals surface area contributed by atoms with E-state index in [9.17, 15) is 17.2 Å². The lowest BCUT2D eigenvalue weighted by Gasteiger charge is -2.23. The molecule has 0 saturated heterocycles. The van der Waals surface area contributed by atoms with E-state index in [2.05, 4.69) is 15.2 Å². The van der Waals surface area contributed by atoms with Crippen LogP contribution in [0.4, 0.5) is 14.5 Å². The number of rotatable bonds is 7. The Morgan fingerprint density at radius 3 is 2.68 bits per heavy atom. The summed E-state index contributed by atoms with van der Waals surface area (Å²) in [5, 5.41) is 7.21. The lowest BCUT2D eigenvalue weighted by molar-refractivity contribution is 0.116. The highest BCUT2D eigenvalue weighted by Gasteiger charge is 2.25. The lowest BCUT2D eigenvalue weighted by Crippen LogP contribution is -2.32. The molecule has 3 aromatic rings. The van der Waals surface area contributed by atoms with Crippen LogP contribution in [0.25, 0.3) is 11.6 Å². The second-order valence-electron chi connectivity index (χ2n) is 5.79. The van der Waals surface area contributed by atoms with Gasteiger partial charge in [-0.05, 0) is 25.1 Å². The SMILES string of the molecule is CCS(=O)(=O)N(Cc1nc(-c2nnc(C(F)F)o2)cn1C)c1cccc(Cl)c1. The van der Waals surface area contributed by atoms with Crippen LogP contribution in [-0.2, 0) is 23.6 Å². The highest BCUT2D eigenvalue weighted by Crippen LogP contribution is 2.26. The molecule has 0 N–H and O–H groups in total. The molecule has 3 rings (SSSR count). The van der Waals surface area contributed by atoms with E-state index in [-0.39, 0.29) is 23.9 Å². The van der Waals surface area contributed by atoms with Gasteiger partial charge in [-0.15, -0.1) is 10.2 Å². The van der Waals surface area contributed by atoms with Gasteiger partial charge in [0, 0.05) is 18.3 Å². The van der Waals surface area contributed by atoms with Crippen LogP contribution in [-0.4, -0.2) is 33.9 Å². The number of aryl methyl sites for hydroxylation is 1. The van der Waals surface area contributed by atoms with Gasteiger partial charge in [0.1, 0.15) is 11.5 Å². The smallest absolute Gasteiger partial charge is 0.314 e. The van der Waals surface area contributed by atoms with E-state index < -0.39 is 22.3 Å². The molecule has 0 atom stereocenters. The third-order valence-corrected chi connectivity index (χ3v) is 5.88. The molecule has 2 aromatic heterocycles. The number of imidazole rings is 1. The summed E-state index contributed by atoms with van der Waals surface area (Å²) in [7, 11) is -1.99. The lowest BCUT2D eigenvalue weighted by atomic mass is 10.3. The molecule has 0 aliphatic carbocycles. The molecule has 12 heteroatoms. The Bertz CT molecular complexity index is 1080. The van der Waals surface area contributed by atoms with Crippen molar-refractivity contribution < 1.29 is 21.6 Å². The van der Waals surface area contributed by atoms with Crippen LogP contribution in [0.15, 0.2) is 34.9 Å². The number of aromatic nitrogens is 4. The Balaban J connectivity index is 1.96. The molecule has 0 aliphatic rings. The third kappa shape index (κ3) is 4.14. The Morgan fingerprint density at radius 2 is 2.07 bits per heavy atom. The van der Waals surface area contributed by atoms with Gasteiger partial charge in [0.05, 0.1) is 18.0 Å². The highest BCUT2D eigenvalue weighted by molar-refractivity contribution is 7.92. The molecule has 0 bridgehead atoms.